The van der Waals surface area contributed by atoms with Crippen molar-refractivity contribution in [1.29, 1.82) is 0 Å². The van der Waals surface area contributed by atoms with E-state index in [1.54, 1.807) is 0 Å². The van der Waals surface area contributed by atoms with Gasteiger partial charge < -0.3 is 10.2 Å². The van der Waals surface area contributed by atoms with Crippen LogP contribution in [0, 0.1) is 12.8 Å². The molecule has 0 radical (unpaired) electrons. The molecule has 0 saturated carbocycles. The summed E-state index contributed by atoms with van der Waals surface area (Å²) in [5, 5.41) is 8.12. The Balaban J connectivity index is 1.59. The standard InChI is InChI=1S/C13H22N4/c1-10-12(8-16(2)15-10)7-14-13-9-17-5-3-11(13)4-6-17/h8,11,13-14H,3-7,9H2,1-2H3. The first-order valence-electron chi connectivity index (χ1n) is 6.67. The number of hydrogen-bond donors (Lipinski definition) is 1. The third-order valence-corrected chi connectivity index (χ3v) is 4.33. The van der Waals surface area contributed by atoms with Crippen molar-refractivity contribution in [2.75, 3.05) is 19.6 Å². The fourth-order valence-electron chi connectivity index (χ4n) is 3.26. The molecular formula is C13H22N4. The maximum absolute atomic E-state index is 4.39. The Morgan fingerprint density at radius 1 is 1.41 bits per heavy atom. The van der Waals surface area contributed by atoms with Gasteiger partial charge in [-0.15, -0.1) is 0 Å². The van der Waals surface area contributed by atoms with Gasteiger partial charge in [0.05, 0.1) is 5.69 Å². The van der Waals surface area contributed by atoms with Gasteiger partial charge in [-0.1, -0.05) is 0 Å². The summed E-state index contributed by atoms with van der Waals surface area (Å²) in [6.45, 7) is 6.93. The predicted molar refractivity (Wildman–Crippen MR) is 67.7 cm³/mol. The van der Waals surface area contributed by atoms with Crippen LogP contribution in [0.4, 0.5) is 0 Å². The van der Waals surface area contributed by atoms with Crippen molar-refractivity contribution in [2.45, 2.75) is 32.4 Å². The van der Waals surface area contributed by atoms with E-state index in [1.165, 1.54) is 38.0 Å². The quantitative estimate of drug-likeness (QED) is 0.844. The van der Waals surface area contributed by atoms with Crippen molar-refractivity contribution in [3.8, 4) is 0 Å². The Morgan fingerprint density at radius 3 is 2.71 bits per heavy atom. The van der Waals surface area contributed by atoms with Crippen LogP contribution in [0.3, 0.4) is 0 Å². The molecular weight excluding hydrogens is 212 g/mol. The van der Waals surface area contributed by atoms with Crippen LogP contribution in [-0.2, 0) is 13.6 Å². The SMILES string of the molecule is Cc1nn(C)cc1CNC1CN2CCC1CC2. The molecule has 0 aliphatic carbocycles. The zero-order valence-electron chi connectivity index (χ0n) is 10.8. The minimum atomic E-state index is 0.692. The van der Waals surface area contributed by atoms with E-state index in [0.717, 1.165) is 18.2 Å². The number of aromatic nitrogens is 2. The molecule has 4 nitrogen and oxygen atoms in total. The second-order valence-corrected chi connectivity index (χ2v) is 5.54. The van der Waals surface area contributed by atoms with Gasteiger partial charge in [0.1, 0.15) is 0 Å². The molecule has 1 unspecified atom stereocenters. The Bertz CT molecular complexity index is 390. The number of fused-ring (bicyclic) bond motifs is 3. The van der Waals surface area contributed by atoms with Gasteiger partial charge in [-0.2, -0.15) is 5.10 Å². The molecule has 0 amide bonds. The van der Waals surface area contributed by atoms with Crippen LogP contribution in [0.2, 0.25) is 0 Å². The lowest BCUT2D eigenvalue weighted by atomic mass is 9.84. The van der Waals surface area contributed by atoms with Crippen LogP contribution in [0.1, 0.15) is 24.1 Å². The molecule has 2 bridgehead atoms. The monoisotopic (exact) mass is 234 g/mol. The molecule has 17 heavy (non-hydrogen) atoms. The highest BCUT2D eigenvalue weighted by Crippen LogP contribution is 2.27. The Hall–Kier alpha value is -0.870. The van der Waals surface area contributed by atoms with Gasteiger partial charge >= 0.3 is 0 Å². The maximum atomic E-state index is 4.39. The Morgan fingerprint density at radius 2 is 2.18 bits per heavy atom. The van der Waals surface area contributed by atoms with E-state index in [4.69, 9.17) is 0 Å². The molecule has 0 aromatic carbocycles. The van der Waals surface area contributed by atoms with Crippen LogP contribution >= 0.6 is 0 Å². The molecule has 1 aromatic heterocycles. The van der Waals surface area contributed by atoms with E-state index >= 15 is 0 Å². The molecule has 3 saturated heterocycles. The number of nitrogens with zero attached hydrogens (tertiary/aromatic N) is 3. The molecule has 1 aromatic rings. The molecule has 1 N–H and O–H groups in total. The molecule has 1 atom stereocenters. The van der Waals surface area contributed by atoms with Crippen molar-refractivity contribution >= 4 is 0 Å². The van der Waals surface area contributed by atoms with E-state index in [2.05, 4.69) is 28.4 Å². The highest BCUT2D eigenvalue weighted by molar-refractivity contribution is 5.15. The normalized spacial score (nSPS) is 32.0. The van der Waals surface area contributed by atoms with Crippen molar-refractivity contribution in [1.82, 2.24) is 20.0 Å². The van der Waals surface area contributed by atoms with Crippen molar-refractivity contribution < 1.29 is 0 Å². The van der Waals surface area contributed by atoms with Gasteiger partial charge in [-0.3, -0.25) is 4.68 Å². The van der Waals surface area contributed by atoms with E-state index in [-0.39, 0.29) is 0 Å². The van der Waals surface area contributed by atoms with E-state index in [1.807, 2.05) is 11.7 Å². The minimum absolute atomic E-state index is 0.692. The van der Waals surface area contributed by atoms with Crippen LogP contribution < -0.4 is 5.32 Å². The summed E-state index contributed by atoms with van der Waals surface area (Å²) in [6.07, 6.45) is 4.89. The maximum Gasteiger partial charge on any atom is 0.0638 e. The van der Waals surface area contributed by atoms with Crippen molar-refractivity contribution in [3.63, 3.8) is 0 Å². The summed E-state index contributed by atoms with van der Waals surface area (Å²) < 4.78 is 1.91. The summed E-state index contributed by atoms with van der Waals surface area (Å²) in [7, 11) is 1.99. The number of rotatable bonds is 3. The fraction of sp³-hybridized carbons (Fsp3) is 0.769. The second-order valence-electron chi connectivity index (χ2n) is 5.54. The van der Waals surface area contributed by atoms with Gasteiger partial charge in [-0.25, -0.2) is 0 Å². The lowest BCUT2D eigenvalue weighted by Gasteiger charge is -2.45. The summed E-state index contributed by atoms with van der Waals surface area (Å²) in [5.41, 5.74) is 2.49. The van der Waals surface area contributed by atoms with Crippen molar-refractivity contribution in [2.24, 2.45) is 13.0 Å². The van der Waals surface area contributed by atoms with Crippen LogP contribution in [0.25, 0.3) is 0 Å². The number of piperidine rings is 3. The lowest BCUT2D eigenvalue weighted by Crippen LogP contribution is -2.55. The van der Waals surface area contributed by atoms with Crippen LogP contribution in [0.15, 0.2) is 6.20 Å². The summed E-state index contributed by atoms with van der Waals surface area (Å²) >= 11 is 0. The first kappa shape index (κ1) is 11.2. The lowest BCUT2D eigenvalue weighted by molar-refractivity contribution is 0.0720. The van der Waals surface area contributed by atoms with Gasteiger partial charge in [0.15, 0.2) is 0 Å². The first-order chi connectivity index (χ1) is 8.22. The number of hydrogen-bond acceptors (Lipinski definition) is 3. The van der Waals surface area contributed by atoms with Gasteiger partial charge in [0.2, 0.25) is 0 Å². The second kappa shape index (κ2) is 4.42. The third kappa shape index (κ3) is 2.24. The van der Waals surface area contributed by atoms with Gasteiger partial charge in [-0.05, 0) is 38.8 Å². The van der Waals surface area contributed by atoms with E-state index < -0.39 is 0 Å². The summed E-state index contributed by atoms with van der Waals surface area (Å²) in [4.78, 5) is 2.59. The highest BCUT2D eigenvalue weighted by atomic mass is 15.3. The number of aryl methyl sites for hydroxylation is 2. The van der Waals surface area contributed by atoms with Crippen molar-refractivity contribution in [3.05, 3.63) is 17.5 Å². The minimum Gasteiger partial charge on any atom is -0.308 e. The Labute approximate surface area is 103 Å². The Kier molecular flexibility index (Phi) is 2.92. The summed E-state index contributed by atoms with van der Waals surface area (Å²) in [6, 6.07) is 0.692. The van der Waals surface area contributed by atoms with E-state index in [9.17, 15) is 0 Å². The molecule has 3 aliphatic rings. The highest BCUT2D eigenvalue weighted by Gasteiger charge is 2.33. The average Bonchev–Trinajstić information content (AvgIpc) is 2.67. The van der Waals surface area contributed by atoms with E-state index in [0.29, 0.717) is 6.04 Å². The molecule has 3 fully saturated rings. The summed E-state index contributed by atoms with van der Waals surface area (Å²) in [5.74, 6) is 0.900. The molecule has 0 spiro atoms. The zero-order chi connectivity index (χ0) is 11.8. The fourth-order valence-corrected chi connectivity index (χ4v) is 3.26. The first-order valence-corrected chi connectivity index (χ1v) is 6.67. The zero-order valence-corrected chi connectivity index (χ0v) is 10.8. The topological polar surface area (TPSA) is 33.1 Å². The van der Waals surface area contributed by atoms with Gasteiger partial charge in [0.25, 0.3) is 0 Å². The molecule has 4 heteroatoms. The molecule has 94 valence electrons. The van der Waals surface area contributed by atoms with Crippen LogP contribution in [-0.4, -0.2) is 40.4 Å². The molecule has 4 rings (SSSR count). The number of nitrogens with one attached hydrogen (secondary N) is 1. The largest absolute Gasteiger partial charge is 0.308 e. The molecule has 3 aliphatic heterocycles. The third-order valence-electron chi connectivity index (χ3n) is 4.33. The smallest absolute Gasteiger partial charge is 0.0638 e. The molecule has 4 heterocycles. The average molecular weight is 234 g/mol. The van der Waals surface area contributed by atoms with Gasteiger partial charge in [0, 0.05) is 37.9 Å². The predicted octanol–water partition coefficient (Wildman–Crippen LogP) is 0.912. The van der Waals surface area contributed by atoms with Crippen LogP contribution in [0.5, 0.6) is 0 Å².